The maximum absolute atomic E-state index is 9.96. The second-order valence-corrected chi connectivity index (χ2v) is 1.53. The molecule has 1 unspecified atom stereocenters. The predicted molar refractivity (Wildman–Crippen MR) is 39.3 cm³/mol. The van der Waals surface area contributed by atoms with Crippen LogP contribution in [0.1, 0.15) is 6.92 Å². The van der Waals surface area contributed by atoms with E-state index in [1.807, 2.05) is 0 Å². The molecule has 0 aromatic rings. The Kier molecular flexibility index (Phi) is 5.73. The van der Waals surface area contributed by atoms with Gasteiger partial charge in [-0.25, -0.2) is 4.79 Å². The molecule has 60 valence electrons. The van der Waals surface area contributed by atoms with Crippen LogP contribution >= 0.6 is 12.4 Å². The fourth-order valence-electron chi connectivity index (χ4n) is 0.238. The molecule has 0 rings (SSSR count). The van der Waals surface area contributed by atoms with Crippen molar-refractivity contribution in [1.29, 1.82) is 5.41 Å². The van der Waals surface area contributed by atoms with Crippen LogP contribution in [0.15, 0.2) is 0 Å². The second kappa shape index (κ2) is 4.87. The molecular weight excluding hydrogens is 158 g/mol. The van der Waals surface area contributed by atoms with Crippen LogP contribution in [0.3, 0.4) is 0 Å². The number of nitrogens with one attached hydrogen (secondary N) is 1. The standard InChI is InChI=1S/C4H9N3O2.ClH/c1-2(3(5)6)9-4(7)8;/h2H,1H3,(H3,5,6)(H2,7,8);1H. The summed E-state index contributed by atoms with van der Waals surface area (Å²) in [6.07, 6.45) is -1.64. The number of carbonyl (C=O) groups is 1. The third-order valence-electron chi connectivity index (χ3n) is 0.731. The van der Waals surface area contributed by atoms with Gasteiger partial charge in [0, 0.05) is 0 Å². The van der Waals surface area contributed by atoms with Gasteiger partial charge in [-0.15, -0.1) is 12.4 Å². The van der Waals surface area contributed by atoms with Gasteiger partial charge in [0.1, 0.15) is 5.84 Å². The Hall–Kier alpha value is -0.970. The highest BCUT2D eigenvalue weighted by Gasteiger charge is 2.07. The van der Waals surface area contributed by atoms with Crippen molar-refractivity contribution >= 4 is 24.3 Å². The predicted octanol–water partition coefficient (Wildman–Crippen LogP) is -0.172. The molecule has 0 fully saturated rings. The van der Waals surface area contributed by atoms with Crippen LogP contribution < -0.4 is 11.5 Å². The summed E-state index contributed by atoms with van der Waals surface area (Å²) in [4.78, 5) is 9.96. The smallest absolute Gasteiger partial charge is 0.405 e. The Morgan fingerprint density at radius 1 is 1.60 bits per heavy atom. The quantitative estimate of drug-likeness (QED) is 0.393. The molecule has 0 aliphatic heterocycles. The summed E-state index contributed by atoms with van der Waals surface area (Å²) in [5.74, 6) is -0.214. The van der Waals surface area contributed by atoms with E-state index in [-0.39, 0.29) is 18.2 Å². The molecule has 6 heteroatoms. The molecule has 0 saturated heterocycles. The minimum Gasteiger partial charge on any atom is -0.439 e. The van der Waals surface area contributed by atoms with Crippen LogP contribution in [0, 0.1) is 5.41 Å². The number of hydrogen-bond donors (Lipinski definition) is 3. The van der Waals surface area contributed by atoms with E-state index < -0.39 is 12.2 Å². The molecule has 0 aromatic carbocycles. The van der Waals surface area contributed by atoms with Crippen molar-refractivity contribution in [3.05, 3.63) is 0 Å². The Morgan fingerprint density at radius 3 is 2.10 bits per heavy atom. The minimum atomic E-state index is -0.919. The van der Waals surface area contributed by atoms with Gasteiger partial charge in [-0.05, 0) is 6.92 Å². The van der Waals surface area contributed by atoms with Crippen molar-refractivity contribution in [2.24, 2.45) is 11.5 Å². The summed E-state index contributed by atoms with van der Waals surface area (Å²) in [5.41, 5.74) is 9.55. The summed E-state index contributed by atoms with van der Waals surface area (Å²) in [6.45, 7) is 1.47. The molecule has 0 aromatic heterocycles. The van der Waals surface area contributed by atoms with E-state index in [2.05, 4.69) is 10.5 Å². The first-order chi connectivity index (χ1) is 4.04. The fraction of sp³-hybridized carbons (Fsp3) is 0.500. The van der Waals surface area contributed by atoms with E-state index in [1.165, 1.54) is 6.92 Å². The van der Waals surface area contributed by atoms with Crippen LogP contribution in [0.4, 0.5) is 4.79 Å². The van der Waals surface area contributed by atoms with Gasteiger partial charge < -0.3 is 16.2 Å². The molecule has 0 heterocycles. The van der Waals surface area contributed by atoms with Gasteiger partial charge in [0.15, 0.2) is 6.10 Å². The maximum Gasteiger partial charge on any atom is 0.405 e. The summed E-state index contributed by atoms with van der Waals surface area (Å²) < 4.78 is 4.30. The minimum absolute atomic E-state index is 0. The van der Waals surface area contributed by atoms with E-state index in [0.29, 0.717) is 0 Å². The fourth-order valence-corrected chi connectivity index (χ4v) is 0.238. The maximum atomic E-state index is 9.96. The zero-order chi connectivity index (χ0) is 7.44. The first-order valence-corrected chi connectivity index (χ1v) is 2.34. The van der Waals surface area contributed by atoms with E-state index in [0.717, 1.165) is 0 Å². The van der Waals surface area contributed by atoms with Gasteiger partial charge in [0.05, 0.1) is 0 Å². The van der Waals surface area contributed by atoms with E-state index in [1.54, 1.807) is 0 Å². The van der Waals surface area contributed by atoms with E-state index >= 15 is 0 Å². The zero-order valence-electron chi connectivity index (χ0n) is 5.46. The van der Waals surface area contributed by atoms with Gasteiger partial charge in [-0.1, -0.05) is 0 Å². The highest BCUT2D eigenvalue weighted by Crippen LogP contribution is 1.86. The molecule has 0 spiro atoms. The largest absolute Gasteiger partial charge is 0.439 e. The lowest BCUT2D eigenvalue weighted by Crippen LogP contribution is -2.31. The molecule has 0 aliphatic rings. The second-order valence-electron chi connectivity index (χ2n) is 1.53. The van der Waals surface area contributed by atoms with Crippen LogP contribution in [-0.2, 0) is 4.74 Å². The number of amides is 1. The third-order valence-corrected chi connectivity index (χ3v) is 0.731. The molecule has 1 atom stereocenters. The number of ether oxygens (including phenoxy) is 1. The van der Waals surface area contributed by atoms with Gasteiger partial charge >= 0.3 is 6.09 Å². The van der Waals surface area contributed by atoms with Gasteiger partial charge in [0.2, 0.25) is 0 Å². The zero-order valence-corrected chi connectivity index (χ0v) is 6.27. The number of nitrogens with two attached hydrogens (primary N) is 2. The first-order valence-electron chi connectivity index (χ1n) is 2.34. The normalized spacial score (nSPS) is 10.9. The number of halogens is 1. The Bertz CT molecular complexity index is 138. The number of hydrogen-bond acceptors (Lipinski definition) is 3. The lowest BCUT2D eigenvalue weighted by molar-refractivity contribution is 0.143. The molecular formula is C4H10ClN3O2. The Balaban J connectivity index is 0. The SMILES string of the molecule is CC(OC(N)=O)C(=N)N.Cl. The third kappa shape index (κ3) is 5.17. The highest BCUT2D eigenvalue weighted by atomic mass is 35.5. The summed E-state index contributed by atoms with van der Waals surface area (Å²) in [5, 5.41) is 6.74. The summed E-state index contributed by atoms with van der Waals surface area (Å²) >= 11 is 0. The average molecular weight is 168 g/mol. The molecule has 0 aliphatic carbocycles. The van der Waals surface area contributed by atoms with Crippen molar-refractivity contribution < 1.29 is 9.53 Å². The summed E-state index contributed by atoms with van der Waals surface area (Å²) in [7, 11) is 0. The number of amidine groups is 1. The van der Waals surface area contributed by atoms with Crippen molar-refractivity contribution in [1.82, 2.24) is 0 Å². The van der Waals surface area contributed by atoms with Crippen molar-refractivity contribution in [3.63, 3.8) is 0 Å². The molecule has 0 saturated carbocycles. The number of carbonyl (C=O) groups excluding carboxylic acids is 1. The molecule has 10 heavy (non-hydrogen) atoms. The van der Waals surface area contributed by atoms with Gasteiger partial charge in [0.25, 0.3) is 0 Å². The molecule has 1 amide bonds. The first kappa shape index (κ1) is 11.8. The van der Waals surface area contributed by atoms with E-state index in [4.69, 9.17) is 11.1 Å². The number of rotatable bonds is 2. The number of primary amides is 1. The summed E-state index contributed by atoms with van der Waals surface area (Å²) in [6, 6.07) is 0. The lowest BCUT2D eigenvalue weighted by atomic mass is 10.4. The van der Waals surface area contributed by atoms with Crippen LogP contribution in [-0.4, -0.2) is 18.0 Å². The molecule has 5 nitrogen and oxygen atoms in total. The molecule has 0 bridgehead atoms. The van der Waals surface area contributed by atoms with Gasteiger partial charge in [-0.2, -0.15) is 0 Å². The molecule has 0 radical (unpaired) electrons. The lowest BCUT2D eigenvalue weighted by Gasteiger charge is -2.07. The van der Waals surface area contributed by atoms with Crippen LogP contribution in [0.2, 0.25) is 0 Å². The van der Waals surface area contributed by atoms with E-state index in [9.17, 15) is 4.79 Å². The topological polar surface area (TPSA) is 102 Å². The van der Waals surface area contributed by atoms with Crippen molar-refractivity contribution in [2.45, 2.75) is 13.0 Å². The highest BCUT2D eigenvalue weighted by molar-refractivity contribution is 5.85. The van der Waals surface area contributed by atoms with Crippen LogP contribution in [0.25, 0.3) is 0 Å². The van der Waals surface area contributed by atoms with Crippen molar-refractivity contribution in [2.75, 3.05) is 0 Å². The molecule has 5 N–H and O–H groups in total. The monoisotopic (exact) mass is 167 g/mol. The van der Waals surface area contributed by atoms with Crippen LogP contribution in [0.5, 0.6) is 0 Å². The average Bonchev–Trinajstić information content (AvgIpc) is 1.63. The van der Waals surface area contributed by atoms with Gasteiger partial charge in [-0.3, -0.25) is 5.41 Å². The Morgan fingerprint density at radius 2 is 2.00 bits per heavy atom. The Labute approximate surface area is 64.6 Å². The van der Waals surface area contributed by atoms with Crippen molar-refractivity contribution in [3.8, 4) is 0 Å².